The van der Waals surface area contributed by atoms with Crippen LogP contribution in [0, 0.1) is 11.3 Å². The van der Waals surface area contributed by atoms with Gasteiger partial charge in [-0.3, -0.25) is 9.78 Å². The van der Waals surface area contributed by atoms with Crippen molar-refractivity contribution in [1.29, 1.82) is 5.26 Å². The summed E-state index contributed by atoms with van der Waals surface area (Å²) in [6, 6.07) is 3.50. The van der Waals surface area contributed by atoms with E-state index < -0.39 is 0 Å². The van der Waals surface area contributed by atoms with Gasteiger partial charge in [0.25, 0.3) is 0 Å². The van der Waals surface area contributed by atoms with E-state index in [0.29, 0.717) is 24.2 Å². The molecule has 1 aliphatic heterocycles. The maximum Gasteiger partial charge on any atom is 0.228 e. The van der Waals surface area contributed by atoms with Gasteiger partial charge < -0.3 is 10.6 Å². The van der Waals surface area contributed by atoms with E-state index >= 15 is 0 Å². The van der Waals surface area contributed by atoms with Crippen LogP contribution in [0.25, 0.3) is 0 Å². The predicted molar refractivity (Wildman–Crippen MR) is 53.9 cm³/mol. The van der Waals surface area contributed by atoms with Crippen LogP contribution in [-0.4, -0.2) is 23.5 Å². The molecule has 0 radical (unpaired) electrons. The molecule has 1 atom stereocenters. The van der Waals surface area contributed by atoms with Gasteiger partial charge in [0.1, 0.15) is 6.07 Å². The van der Waals surface area contributed by atoms with Gasteiger partial charge in [0.2, 0.25) is 5.91 Å². The number of aromatic nitrogens is 1. The zero-order valence-corrected chi connectivity index (χ0v) is 8.05. The summed E-state index contributed by atoms with van der Waals surface area (Å²) in [7, 11) is 0. The minimum atomic E-state index is -0.122. The smallest absolute Gasteiger partial charge is 0.228 e. The van der Waals surface area contributed by atoms with Crippen molar-refractivity contribution in [3.63, 3.8) is 0 Å². The topological polar surface area (TPSA) is 83.0 Å². The molecule has 1 aromatic heterocycles. The third kappa shape index (κ3) is 1.80. The van der Waals surface area contributed by atoms with E-state index in [4.69, 9.17) is 11.0 Å². The van der Waals surface area contributed by atoms with Crippen molar-refractivity contribution in [3.8, 4) is 6.07 Å². The van der Waals surface area contributed by atoms with Crippen LogP contribution in [0.2, 0.25) is 0 Å². The molecule has 5 heteroatoms. The van der Waals surface area contributed by atoms with Gasteiger partial charge >= 0.3 is 0 Å². The summed E-state index contributed by atoms with van der Waals surface area (Å²) in [5, 5.41) is 8.70. The second kappa shape index (κ2) is 3.67. The molecule has 2 rings (SSSR count). The molecule has 15 heavy (non-hydrogen) atoms. The number of carbonyl (C=O) groups excluding carboxylic acids is 1. The fraction of sp³-hybridized carbons (Fsp3) is 0.300. The van der Waals surface area contributed by atoms with Crippen molar-refractivity contribution >= 4 is 11.6 Å². The fourth-order valence-electron chi connectivity index (χ4n) is 1.62. The Morgan fingerprint density at radius 2 is 2.40 bits per heavy atom. The summed E-state index contributed by atoms with van der Waals surface area (Å²) in [5.41, 5.74) is 6.77. The highest BCUT2D eigenvalue weighted by molar-refractivity contribution is 5.96. The molecule has 2 heterocycles. The largest absolute Gasteiger partial charge is 0.326 e. The Morgan fingerprint density at radius 3 is 3.00 bits per heavy atom. The molecule has 0 aliphatic carbocycles. The van der Waals surface area contributed by atoms with E-state index in [1.807, 2.05) is 6.07 Å². The Balaban J connectivity index is 2.30. The van der Waals surface area contributed by atoms with Crippen LogP contribution >= 0.6 is 0 Å². The van der Waals surface area contributed by atoms with Crippen molar-refractivity contribution in [2.45, 2.75) is 12.5 Å². The lowest BCUT2D eigenvalue weighted by Gasteiger charge is -2.15. The number of carbonyl (C=O) groups is 1. The monoisotopic (exact) mass is 202 g/mol. The maximum absolute atomic E-state index is 11.5. The molecule has 0 spiro atoms. The first-order valence-electron chi connectivity index (χ1n) is 4.62. The molecule has 1 aromatic rings. The summed E-state index contributed by atoms with van der Waals surface area (Å²) >= 11 is 0. The van der Waals surface area contributed by atoms with Crippen molar-refractivity contribution < 1.29 is 4.79 Å². The molecule has 5 nitrogen and oxygen atoms in total. The summed E-state index contributed by atoms with van der Waals surface area (Å²) in [6.07, 6.45) is 3.39. The van der Waals surface area contributed by atoms with E-state index in [2.05, 4.69) is 4.98 Å². The van der Waals surface area contributed by atoms with E-state index in [-0.39, 0.29) is 11.9 Å². The first-order valence-corrected chi connectivity index (χ1v) is 4.62. The van der Waals surface area contributed by atoms with E-state index in [9.17, 15) is 4.79 Å². The molecule has 1 fully saturated rings. The van der Waals surface area contributed by atoms with Gasteiger partial charge in [0.05, 0.1) is 17.4 Å². The Morgan fingerprint density at radius 1 is 1.60 bits per heavy atom. The second-order valence-electron chi connectivity index (χ2n) is 3.51. The van der Waals surface area contributed by atoms with Gasteiger partial charge in [-0.25, -0.2) is 0 Å². The Kier molecular flexibility index (Phi) is 2.35. The van der Waals surface area contributed by atoms with Crippen LogP contribution in [0.1, 0.15) is 12.0 Å². The third-order valence-corrected chi connectivity index (χ3v) is 2.32. The summed E-state index contributed by atoms with van der Waals surface area (Å²) in [6.45, 7) is 0.495. The average Bonchev–Trinajstić information content (AvgIpc) is 2.58. The zero-order valence-electron chi connectivity index (χ0n) is 8.05. The van der Waals surface area contributed by atoms with Crippen molar-refractivity contribution in [3.05, 3.63) is 24.0 Å². The molecule has 0 saturated carbocycles. The van der Waals surface area contributed by atoms with Gasteiger partial charge in [-0.15, -0.1) is 0 Å². The second-order valence-corrected chi connectivity index (χ2v) is 3.51. The first kappa shape index (κ1) is 9.62. The van der Waals surface area contributed by atoms with Crippen LogP contribution in [0.3, 0.4) is 0 Å². The van der Waals surface area contributed by atoms with Crippen LogP contribution in [0.15, 0.2) is 18.5 Å². The molecule has 2 N–H and O–H groups in total. The normalized spacial score (nSPS) is 20.4. The highest BCUT2D eigenvalue weighted by atomic mass is 16.2. The predicted octanol–water partition coefficient (Wildman–Crippen LogP) is 0.0173. The van der Waals surface area contributed by atoms with Gasteiger partial charge in [0.15, 0.2) is 0 Å². The lowest BCUT2D eigenvalue weighted by atomic mass is 10.3. The Hall–Kier alpha value is -1.93. The zero-order chi connectivity index (χ0) is 10.8. The van der Waals surface area contributed by atoms with E-state index in [1.165, 1.54) is 6.20 Å². The van der Waals surface area contributed by atoms with Crippen molar-refractivity contribution in [1.82, 2.24) is 4.98 Å². The van der Waals surface area contributed by atoms with Gasteiger partial charge in [-0.2, -0.15) is 5.26 Å². The number of amides is 1. The number of hydrogen-bond acceptors (Lipinski definition) is 4. The van der Waals surface area contributed by atoms with Crippen LogP contribution < -0.4 is 10.6 Å². The standard InChI is InChI=1S/C10H10N4O/c11-3-7-1-9(5-13-4-7)14-6-8(12)2-10(14)15/h1,4-5,8H,2,6,12H2. The molecule has 76 valence electrons. The highest BCUT2D eigenvalue weighted by Crippen LogP contribution is 2.20. The Bertz CT molecular complexity index is 437. The molecule has 0 aromatic carbocycles. The average molecular weight is 202 g/mol. The number of nitrogens with zero attached hydrogens (tertiary/aromatic N) is 3. The molecule has 0 bridgehead atoms. The fourth-order valence-corrected chi connectivity index (χ4v) is 1.62. The minimum absolute atomic E-state index is 0.0145. The molecular weight excluding hydrogens is 192 g/mol. The lowest BCUT2D eigenvalue weighted by Crippen LogP contribution is -2.28. The van der Waals surface area contributed by atoms with Crippen LogP contribution in [0.4, 0.5) is 5.69 Å². The van der Waals surface area contributed by atoms with Gasteiger partial charge in [0, 0.05) is 25.2 Å². The van der Waals surface area contributed by atoms with Crippen LogP contribution in [-0.2, 0) is 4.79 Å². The summed E-state index contributed by atoms with van der Waals surface area (Å²) < 4.78 is 0. The first-order chi connectivity index (χ1) is 7.20. The number of hydrogen-bond donors (Lipinski definition) is 1. The van der Waals surface area contributed by atoms with E-state index in [0.717, 1.165) is 0 Å². The number of pyridine rings is 1. The molecule has 1 amide bonds. The quantitative estimate of drug-likeness (QED) is 0.695. The van der Waals surface area contributed by atoms with Gasteiger partial charge in [-0.05, 0) is 6.07 Å². The molecule has 1 saturated heterocycles. The lowest BCUT2D eigenvalue weighted by molar-refractivity contribution is -0.117. The van der Waals surface area contributed by atoms with Gasteiger partial charge in [-0.1, -0.05) is 0 Å². The highest BCUT2D eigenvalue weighted by Gasteiger charge is 2.28. The minimum Gasteiger partial charge on any atom is -0.326 e. The number of anilines is 1. The third-order valence-electron chi connectivity index (χ3n) is 2.32. The number of nitriles is 1. The number of rotatable bonds is 1. The maximum atomic E-state index is 11.5. The molecule has 1 unspecified atom stereocenters. The van der Waals surface area contributed by atoms with Crippen molar-refractivity contribution in [2.24, 2.45) is 5.73 Å². The summed E-state index contributed by atoms with van der Waals surface area (Å²) in [5.74, 6) is -0.0145. The molecule has 1 aliphatic rings. The Labute approximate surface area is 87.1 Å². The van der Waals surface area contributed by atoms with Crippen molar-refractivity contribution in [2.75, 3.05) is 11.4 Å². The summed E-state index contributed by atoms with van der Waals surface area (Å²) in [4.78, 5) is 17.0. The molecular formula is C10H10N4O. The SMILES string of the molecule is N#Cc1cncc(N2CC(N)CC2=O)c1. The van der Waals surface area contributed by atoms with Crippen LogP contribution in [0.5, 0.6) is 0 Å². The van der Waals surface area contributed by atoms with E-state index in [1.54, 1.807) is 17.2 Å². The number of nitrogens with two attached hydrogens (primary N) is 1.